The molecule has 0 unspecified atom stereocenters. The molecule has 9 heteroatoms. The second kappa shape index (κ2) is 7.60. The van der Waals surface area contributed by atoms with E-state index < -0.39 is 11.7 Å². The van der Waals surface area contributed by atoms with E-state index in [0.29, 0.717) is 34.9 Å². The first-order valence-electron chi connectivity index (χ1n) is 9.21. The van der Waals surface area contributed by atoms with Crippen LogP contribution in [-0.2, 0) is 6.18 Å². The molecular formula is C21H17ClF3N5. The number of alkyl halides is 3. The highest BCUT2D eigenvalue weighted by Crippen LogP contribution is 2.38. The van der Waals surface area contributed by atoms with E-state index in [1.165, 1.54) is 6.07 Å². The van der Waals surface area contributed by atoms with Crippen molar-refractivity contribution in [3.05, 3.63) is 64.8 Å². The Bertz CT molecular complexity index is 1220. The third kappa shape index (κ3) is 3.59. The SMILES string of the molecule is CCN(c1nc(-c2ccccc2C)c2[nH]ncc2n1)c1ccc(C(F)(F)F)cc1Cl. The highest BCUT2D eigenvalue weighted by atomic mass is 35.5. The van der Waals surface area contributed by atoms with Gasteiger partial charge in [0.25, 0.3) is 0 Å². The fraction of sp³-hybridized carbons (Fsp3) is 0.190. The van der Waals surface area contributed by atoms with Crippen LogP contribution in [0, 0.1) is 6.92 Å². The largest absolute Gasteiger partial charge is 0.416 e. The van der Waals surface area contributed by atoms with Gasteiger partial charge in [0.15, 0.2) is 0 Å². The van der Waals surface area contributed by atoms with Gasteiger partial charge in [0, 0.05) is 12.1 Å². The molecule has 4 rings (SSSR count). The summed E-state index contributed by atoms with van der Waals surface area (Å²) in [7, 11) is 0. The summed E-state index contributed by atoms with van der Waals surface area (Å²) in [6, 6.07) is 11.0. The van der Waals surface area contributed by atoms with E-state index in [1.807, 2.05) is 38.1 Å². The van der Waals surface area contributed by atoms with Crippen LogP contribution in [0.5, 0.6) is 0 Å². The first-order chi connectivity index (χ1) is 14.3. The van der Waals surface area contributed by atoms with E-state index >= 15 is 0 Å². The van der Waals surface area contributed by atoms with Gasteiger partial charge in [-0.25, -0.2) is 9.97 Å². The molecule has 154 valence electrons. The predicted octanol–water partition coefficient (Wildman–Crippen LogP) is 6.16. The number of anilines is 2. The summed E-state index contributed by atoms with van der Waals surface area (Å²) in [6.45, 7) is 4.23. The average molecular weight is 432 g/mol. The van der Waals surface area contributed by atoms with E-state index in [-0.39, 0.29) is 5.02 Å². The second-order valence-electron chi connectivity index (χ2n) is 6.73. The van der Waals surface area contributed by atoms with Gasteiger partial charge in [-0.2, -0.15) is 18.3 Å². The molecule has 0 spiro atoms. The highest BCUT2D eigenvalue weighted by Gasteiger charge is 2.31. The van der Waals surface area contributed by atoms with Crippen molar-refractivity contribution in [1.29, 1.82) is 0 Å². The minimum absolute atomic E-state index is 0.0278. The number of rotatable bonds is 4. The van der Waals surface area contributed by atoms with Gasteiger partial charge < -0.3 is 4.90 Å². The van der Waals surface area contributed by atoms with Crippen molar-refractivity contribution in [2.45, 2.75) is 20.0 Å². The molecule has 0 saturated heterocycles. The van der Waals surface area contributed by atoms with Crippen LogP contribution in [0.15, 0.2) is 48.7 Å². The number of aromatic nitrogens is 4. The summed E-state index contributed by atoms with van der Waals surface area (Å²) in [5, 5.41) is 6.98. The van der Waals surface area contributed by atoms with Gasteiger partial charge in [-0.1, -0.05) is 35.9 Å². The maximum atomic E-state index is 13.0. The minimum Gasteiger partial charge on any atom is -0.309 e. The highest BCUT2D eigenvalue weighted by molar-refractivity contribution is 6.33. The van der Waals surface area contributed by atoms with Crippen molar-refractivity contribution in [3.8, 4) is 11.3 Å². The molecule has 4 aromatic rings. The van der Waals surface area contributed by atoms with E-state index in [4.69, 9.17) is 16.6 Å². The number of aromatic amines is 1. The average Bonchev–Trinajstić information content (AvgIpc) is 3.17. The molecule has 0 aliphatic heterocycles. The van der Waals surface area contributed by atoms with Crippen molar-refractivity contribution < 1.29 is 13.2 Å². The van der Waals surface area contributed by atoms with Crippen molar-refractivity contribution in [1.82, 2.24) is 20.2 Å². The Labute approximate surface area is 175 Å². The van der Waals surface area contributed by atoms with Crippen molar-refractivity contribution in [3.63, 3.8) is 0 Å². The number of halogens is 4. The Balaban J connectivity index is 1.87. The zero-order valence-electron chi connectivity index (χ0n) is 16.1. The fourth-order valence-corrected chi connectivity index (χ4v) is 3.59. The van der Waals surface area contributed by atoms with Crippen LogP contribution in [0.2, 0.25) is 5.02 Å². The lowest BCUT2D eigenvalue weighted by molar-refractivity contribution is -0.137. The number of hydrogen-bond donors (Lipinski definition) is 1. The summed E-state index contributed by atoms with van der Waals surface area (Å²) in [4.78, 5) is 11.0. The third-order valence-electron chi connectivity index (χ3n) is 4.81. The summed E-state index contributed by atoms with van der Waals surface area (Å²) < 4.78 is 39.0. The Morgan fingerprint density at radius 2 is 1.87 bits per heavy atom. The van der Waals surface area contributed by atoms with E-state index in [2.05, 4.69) is 15.2 Å². The molecule has 30 heavy (non-hydrogen) atoms. The Morgan fingerprint density at radius 1 is 1.10 bits per heavy atom. The second-order valence-corrected chi connectivity index (χ2v) is 7.13. The van der Waals surface area contributed by atoms with E-state index in [9.17, 15) is 13.2 Å². The molecule has 0 radical (unpaired) electrons. The number of aryl methyl sites for hydroxylation is 1. The van der Waals surface area contributed by atoms with Gasteiger partial charge in [0.05, 0.1) is 22.5 Å². The molecule has 2 aromatic heterocycles. The lowest BCUT2D eigenvalue weighted by atomic mass is 10.0. The number of nitrogens with one attached hydrogen (secondary N) is 1. The molecule has 0 aliphatic rings. The van der Waals surface area contributed by atoms with Crippen LogP contribution in [-0.4, -0.2) is 26.7 Å². The maximum Gasteiger partial charge on any atom is 0.416 e. The smallest absolute Gasteiger partial charge is 0.309 e. The molecule has 0 aliphatic carbocycles. The van der Waals surface area contributed by atoms with Gasteiger partial charge in [-0.05, 0) is 37.6 Å². The zero-order valence-corrected chi connectivity index (χ0v) is 16.9. The summed E-state index contributed by atoms with van der Waals surface area (Å²) in [5.74, 6) is 0.325. The molecule has 5 nitrogen and oxygen atoms in total. The number of H-pyrrole nitrogens is 1. The predicted molar refractivity (Wildman–Crippen MR) is 111 cm³/mol. The van der Waals surface area contributed by atoms with Crippen LogP contribution < -0.4 is 4.90 Å². The number of benzene rings is 2. The van der Waals surface area contributed by atoms with E-state index in [0.717, 1.165) is 23.3 Å². The van der Waals surface area contributed by atoms with Gasteiger partial charge in [0.2, 0.25) is 5.95 Å². The monoisotopic (exact) mass is 431 g/mol. The lowest BCUT2D eigenvalue weighted by Gasteiger charge is -2.23. The maximum absolute atomic E-state index is 13.0. The van der Waals surface area contributed by atoms with Crippen LogP contribution >= 0.6 is 11.6 Å². The Morgan fingerprint density at radius 3 is 2.53 bits per heavy atom. The normalized spacial score (nSPS) is 11.8. The summed E-state index contributed by atoms with van der Waals surface area (Å²) in [6.07, 6.45) is -2.88. The molecular weight excluding hydrogens is 415 g/mol. The molecule has 0 atom stereocenters. The zero-order chi connectivity index (χ0) is 21.5. The van der Waals surface area contributed by atoms with Crippen molar-refractivity contribution in [2.75, 3.05) is 11.4 Å². The summed E-state index contributed by atoms with van der Waals surface area (Å²) >= 11 is 6.22. The molecule has 0 saturated carbocycles. The van der Waals surface area contributed by atoms with E-state index in [1.54, 1.807) is 11.1 Å². The van der Waals surface area contributed by atoms with Gasteiger partial charge >= 0.3 is 6.18 Å². The summed E-state index contributed by atoms with van der Waals surface area (Å²) in [5.41, 5.74) is 3.46. The minimum atomic E-state index is -4.47. The molecule has 2 aromatic carbocycles. The van der Waals surface area contributed by atoms with Gasteiger partial charge in [-0.15, -0.1) is 0 Å². The molecule has 0 bridgehead atoms. The van der Waals surface area contributed by atoms with Crippen molar-refractivity contribution >= 4 is 34.3 Å². The first-order valence-corrected chi connectivity index (χ1v) is 9.58. The van der Waals surface area contributed by atoms with Crippen LogP contribution in [0.4, 0.5) is 24.8 Å². The van der Waals surface area contributed by atoms with Gasteiger partial charge in [-0.3, -0.25) is 5.10 Å². The molecule has 0 amide bonds. The Kier molecular flexibility index (Phi) is 5.11. The molecule has 0 fully saturated rings. The van der Waals surface area contributed by atoms with Crippen molar-refractivity contribution in [2.24, 2.45) is 0 Å². The topological polar surface area (TPSA) is 57.7 Å². The molecule has 1 N–H and O–H groups in total. The number of fused-ring (bicyclic) bond motifs is 1. The first kappa shape index (κ1) is 20.2. The number of nitrogens with zero attached hydrogens (tertiary/aromatic N) is 4. The standard InChI is InChI=1S/C21H17ClF3N5/c1-3-30(17-9-8-13(10-15(17)22)21(23,24)25)20-27-16-11-26-29-19(16)18(28-20)14-7-5-4-6-12(14)2/h4-11H,3H2,1-2H3,(H,26,29). The van der Waals surface area contributed by atoms with Crippen LogP contribution in [0.1, 0.15) is 18.1 Å². The third-order valence-corrected chi connectivity index (χ3v) is 5.11. The quantitative estimate of drug-likeness (QED) is 0.420. The number of hydrogen-bond acceptors (Lipinski definition) is 4. The lowest BCUT2D eigenvalue weighted by Crippen LogP contribution is -2.20. The van der Waals surface area contributed by atoms with Gasteiger partial charge in [0.1, 0.15) is 16.7 Å². The molecule has 2 heterocycles. The Hall–Kier alpha value is -3.13. The van der Waals surface area contributed by atoms with Crippen LogP contribution in [0.25, 0.3) is 22.3 Å². The van der Waals surface area contributed by atoms with Crippen LogP contribution in [0.3, 0.4) is 0 Å². The fourth-order valence-electron chi connectivity index (χ4n) is 3.30.